The van der Waals surface area contributed by atoms with Gasteiger partial charge in [-0.25, -0.2) is 0 Å². The molecule has 1 aliphatic carbocycles. The molecule has 17 heavy (non-hydrogen) atoms. The Morgan fingerprint density at radius 1 is 1.18 bits per heavy atom. The summed E-state index contributed by atoms with van der Waals surface area (Å²) in [7, 11) is 3.23. The Labute approximate surface area is 106 Å². The highest BCUT2D eigenvalue weighted by molar-refractivity contribution is 8.00. The highest BCUT2D eigenvalue weighted by atomic mass is 32.2. The molecule has 0 aliphatic heterocycles. The summed E-state index contributed by atoms with van der Waals surface area (Å²) >= 11 is 1.74. The van der Waals surface area contributed by atoms with E-state index in [1.807, 2.05) is 24.5 Å². The van der Waals surface area contributed by atoms with Crippen molar-refractivity contribution in [1.82, 2.24) is 0 Å². The predicted molar refractivity (Wildman–Crippen MR) is 70.0 cm³/mol. The Hall–Kier alpha value is -0.870. The molecular weight excluding hydrogens is 236 g/mol. The minimum Gasteiger partial charge on any atom is -0.497 e. The molecule has 1 aliphatic rings. The SMILES string of the molecule is COc1cc(OC)cc(C(O)C2(SC)CC2)c1. The van der Waals surface area contributed by atoms with Crippen LogP contribution < -0.4 is 9.47 Å². The number of hydrogen-bond acceptors (Lipinski definition) is 4. The van der Waals surface area contributed by atoms with Gasteiger partial charge in [-0.1, -0.05) is 0 Å². The monoisotopic (exact) mass is 254 g/mol. The van der Waals surface area contributed by atoms with Crippen molar-refractivity contribution in [2.45, 2.75) is 23.7 Å². The van der Waals surface area contributed by atoms with Crippen LogP contribution in [0.1, 0.15) is 24.5 Å². The van der Waals surface area contributed by atoms with Gasteiger partial charge in [-0.05, 0) is 36.8 Å². The van der Waals surface area contributed by atoms with Crippen molar-refractivity contribution in [3.05, 3.63) is 23.8 Å². The molecule has 1 N–H and O–H groups in total. The lowest BCUT2D eigenvalue weighted by atomic mass is 10.0. The van der Waals surface area contributed by atoms with Crippen molar-refractivity contribution in [1.29, 1.82) is 0 Å². The van der Waals surface area contributed by atoms with E-state index >= 15 is 0 Å². The molecule has 0 saturated heterocycles. The van der Waals surface area contributed by atoms with Crippen molar-refractivity contribution < 1.29 is 14.6 Å². The number of benzene rings is 1. The van der Waals surface area contributed by atoms with E-state index in [4.69, 9.17) is 9.47 Å². The van der Waals surface area contributed by atoms with Gasteiger partial charge >= 0.3 is 0 Å². The van der Waals surface area contributed by atoms with E-state index in [9.17, 15) is 5.11 Å². The molecule has 0 aromatic heterocycles. The first-order valence-electron chi connectivity index (χ1n) is 5.61. The Kier molecular flexibility index (Phi) is 3.54. The summed E-state index contributed by atoms with van der Waals surface area (Å²) in [6, 6.07) is 5.57. The van der Waals surface area contributed by atoms with Crippen LogP contribution in [0.3, 0.4) is 0 Å². The van der Waals surface area contributed by atoms with Gasteiger partial charge in [0, 0.05) is 10.8 Å². The van der Waals surface area contributed by atoms with Gasteiger partial charge in [0.05, 0.1) is 20.3 Å². The molecule has 1 unspecified atom stereocenters. The predicted octanol–water partition coefficient (Wildman–Crippen LogP) is 2.63. The minimum absolute atomic E-state index is 0.00260. The molecule has 4 heteroatoms. The second-order valence-corrected chi connectivity index (χ2v) is 5.54. The Bertz CT molecular complexity index is 379. The van der Waals surface area contributed by atoms with E-state index in [0.29, 0.717) is 0 Å². The molecule has 1 atom stereocenters. The van der Waals surface area contributed by atoms with Crippen molar-refractivity contribution >= 4 is 11.8 Å². The van der Waals surface area contributed by atoms with Gasteiger partial charge in [0.15, 0.2) is 0 Å². The maximum Gasteiger partial charge on any atom is 0.122 e. The molecule has 0 amide bonds. The maximum absolute atomic E-state index is 10.4. The Balaban J connectivity index is 2.31. The molecule has 1 fully saturated rings. The first-order chi connectivity index (χ1) is 8.15. The molecule has 0 radical (unpaired) electrons. The first-order valence-corrected chi connectivity index (χ1v) is 6.84. The molecule has 0 heterocycles. The normalized spacial score (nSPS) is 18.6. The first kappa shape index (κ1) is 12.6. The largest absolute Gasteiger partial charge is 0.497 e. The number of thioether (sulfide) groups is 1. The fraction of sp³-hybridized carbons (Fsp3) is 0.538. The zero-order valence-electron chi connectivity index (χ0n) is 10.4. The third-order valence-corrected chi connectivity index (χ3v) is 4.78. The number of aliphatic hydroxyl groups excluding tert-OH is 1. The quantitative estimate of drug-likeness (QED) is 0.876. The standard InChI is InChI=1S/C13H18O3S/c1-15-10-6-9(7-11(8-10)16-2)12(14)13(17-3)4-5-13/h6-8,12,14H,4-5H2,1-3H3. The van der Waals surface area contributed by atoms with Gasteiger partial charge in [0.25, 0.3) is 0 Å². The fourth-order valence-electron chi connectivity index (χ4n) is 2.00. The van der Waals surface area contributed by atoms with Gasteiger partial charge < -0.3 is 14.6 Å². The fourth-order valence-corrected chi connectivity index (χ4v) is 2.87. The van der Waals surface area contributed by atoms with Gasteiger partial charge in [-0.2, -0.15) is 11.8 Å². The minimum atomic E-state index is -0.457. The summed E-state index contributed by atoms with van der Waals surface area (Å²) in [6.45, 7) is 0. The van der Waals surface area contributed by atoms with Gasteiger partial charge in [-0.15, -0.1) is 0 Å². The van der Waals surface area contributed by atoms with Crippen LogP contribution in [0, 0.1) is 0 Å². The summed E-state index contributed by atoms with van der Waals surface area (Å²) in [5.74, 6) is 1.44. The third kappa shape index (κ3) is 2.38. The number of methoxy groups -OCH3 is 2. The third-order valence-electron chi connectivity index (χ3n) is 3.34. The smallest absolute Gasteiger partial charge is 0.122 e. The summed E-state index contributed by atoms with van der Waals surface area (Å²) in [4.78, 5) is 0. The van der Waals surface area contributed by atoms with Gasteiger partial charge in [-0.3, -0.25) is 0 Å². The molecule has 3 nitrogen and oxygen atoms in total. The molecule has 1 aromatic carbocycles. The highest BCUT2D eigenvalue weighted by Crippen LogP contribution is 2.55. The van der Waals surface area contributed by atoms with Gasteiger partial charge in [0.2, 0.25) is 0 Å². The van der Waals surface area contributed by atoms with Crippen molar-refractivity contribution in [3.8, 4) is 11.5 Å². The Morgan fingerprint density at radius 3 is 2.06 bits per heavy atom. The van der Waals surface area contributed by atoms with E-state index in [2.05, 4.69) is 0 Å². The molecule has 2 rings (SSSR count). The second-order valence-electron chi connectivity index (χ2n) is 4.32. The summed E-state index contributed by atoms with van der Waals surface area (Å²) < 4.78 is 10.4. The zero-order chi connectivity index (χ0) is 12.5. The van der Waals surface area contributed by atoms with E-state index in [-0.39, 0.29) is 4.75 Å². The average Bonchev–Trinajstić information content (AvgIpc) is 3.18. The van der Waals surface area contributed by atoms with E-state index in [1.54, 1.807) is 26.0 Å². The lowest BCUT2D eigenvalue weighted by molar-refractivity contribution is 0.166. The van der Waals surface area contributed by atoms with E-state index in [1.165, 1.54) is 0 Å². The van der Waals surface area contributed by atoms with Crippen LogP contribution in [0.5, 0.6) is 11.5 Å². The lowest BCUT2D eigenvalue weighted by Crippen LogP contribution is -2.16. The topological polar surface area (TPSA) is 38.7 Å². The number of aliphatic hydroxyl groups is 1. The molecule has 94 valence electrons. The Morgan fingerprint density at radius 2 is 1.71 bits per heavy atom. The summed E-state index contributed by atoms with van der Waals surface area (Å²) in [5, 5.41) is 10.4. The second kappa shape index (κ2) is 4.78. The van der Waals surface area contributed by atoms with Crippen LogP contribution in [0.4, 0.5) is 0 Å². The average molecular weight is 254 g/mol. The van der Waals surface area contributed by atoms with Crippen LogP contribution in [-0.2, 0) is 0 Å². The summed E-state index contributed by atoms with van der Waals surface area (Å²) in [6.07, 6.45) is 3.72. The molecule has 1 aromatic rings. The van der Waals surface area contributed by atoms with Gasteiger partial charge in [0.1, 0.15) is 11.5 Å². The van der Waals surface area contributed by atoms with Crippen molar-refractivity contribution in [3.63, 3.8) is 0 Å². The molecular formula is C13H18O3S. The van der Waals surface area contributed by atoms with Crippen molar-refractivity contribution in [2.75, 3.05) is 20.5 Å². The van der Waals surface area contributed by atoms with Crippen LogP contribution in [0.25, 0.3) is 0 Å². The zero-order valence-corrected chi connectivity index (χ0v) is 11.2. The molecule has 1 saturated carbocycles. The molecule has 0 bridgehead atoms. The van der Waals surface area contributed by atoms with Crippen LogP contribution in [-0.4, -0.2) is 30.3 Å². The lowest BCUT2D eigenvalue weighted by Gasteiger charge is -2.21. The van der Waals surface area contributed by atoms with Crippen molar-refractivity contribution in [2.24, 2.45) is 0 Å². The van der Waals surface area contributed by atoms with Crippen LogP contribution in [0.2, 0.25) is 0 Å². The summed E-state index contributed by atoms with van der Waals surface area (Å²) in [5.41, 5.74) is 0.869. The molecule has 0 spiro atoms. The number of hydrogen-bond donors (Lipinski definition) is 1. The maximum atomic E-state index is 10.4. The van der Waals surface area contributed by atoms with Crippen LogP contribution >= 0.6 is 11.8 Å². The van der Waals surface area contributed by atoms with E-state index in [0.717, 1.165) is 29.9 Å². The van der Waals surface area contributed by atoms with Crippen LogP contribution in [0.15, 0.2) is 18.2 Å². The van der Waals surface area contributed by atoms with E-state index < -0.39 is 6.10 Å². The number of rotatable bonds is 5. The number of ether oxygens (including phenoxy) is 2. The highest BCUT2D eigenvalue weighted by Gasteiger charge is 2.49.